The molecule has 200 valence electrons. The standard InChI is InChI=1S/C31H38ClN5O/c1-4-28(38)21-25-11-7-12-26(19-25)30-29(32)22-33-31(35-30)34-27-13-8-10-24(20-27)9-5-6-14-36-15-17-37(18-16-36)23(2)3/h4,7-8,10-13,19-20,22-23H,1,5-6,9,14-18,21H2,2-3H3,(H,33,34,35). The van der Waals surface area contributed by atoms with Crippen molar-refractivity contribution in [3.63, 3.8) is 0 Å². The second-order valence-corrected chi connectivity index (χ2v) is 10.6. The largest absolute Gasteiger partial charge is 0.324 e. The fourth-order valence-corrected chi connectivity index (χ4v) is 5.03. The second-order valence-electron chi connectivity index (χ2n) is 10.2. The van der Waals surface area contributed by atoms with Crippen LogP contribution in [0.5, 0.6) is 0 Å². The lowest BCUT2D eigenvalue weighted by molar-refractivity contribution is -0.114. The first-order valence-electron chi connectivity index (χ1n) is 13.5. The van der Waals surface area contributed by atoms with Gasteiger partial charge in [-0.05, 0) is 75.1 Å². The molecular weight excluding hydrogens is 494 g/mol. The van der Waals surface area contributed by atoms with Crippen molar-refractivity contribution in [1.82, 2.24) is 19.8 Å². The molecule has 1 saturated heterocycles. The smallest absolute Gasteiger partial charge is 0.227 e. The fourth-order valence-electron chi connectivity index (χ4n) is 4.83. The lowest BCUT2D eigenvalue weighted by Gasteiger charge is -2.36. The minimum absolute atomic E-state index is 0.0253. The van der Waals surface area contributed by atoms with Crippen molar-refractivity contribution in [2.45, 2.75) is 45.6 Å². The molecule has 6 nitrogen and oxygen atoms in total. The molecule has 0 saturated carbocycles. The second kappa shape index (κ2) is 13.7. The van der Waals surface area contributed by atoms with Crippen molar-refractivity contribution >= 4 is 29.0 Å². The molecule has 0 atom stereocenters. The van der Waals surface area contributed by atoms with Crippen LogP contribution in [0.1, 0.15) is 37.8 Å². The molecule has 38 heavy (non-hydrogen) atoms. The molecule has 4 rings (SSSR count). The minimum Gasteiger partial charge on any atom is -0.324 e. The van der Waals surface area contributed by atoms with Gasteiger partial charge in [-0.25, -0.2) is 9.97 Å². The number of ketones is 1. The van der Waals surface area contributed by atoms with E-state index in [0.717, 1.165) is 23.2 Å². The predicted molar refractivity (Wildman–Crippen MR) is 157 cm³/mol. The molecule has 1 aliphatic rings. The summed E-state index contributed by atoms with van der Waals surface area (Å²) in [5, 5.41) is 3.79. The predicted octanol–water partition coefficient (Wildman–Crippen LogP) is 6.19. The topological polar surface area (TPSA) is 61.4 Å². The van der Waals surface area contributed by atoms with E-state index in [9.17, 15) is 4.79 Å². The Hall–Kier alpha value is -3.06. The quantitative estimate of drug-likeness (QED) is 0.222. The number of unbranched alkanes of at least 4 members (excludes halogenated alkanes) is 1. The fraction of sp³-hybridized carbons (Fsp3) is 0.387. The molecule has 0 radical (unpaired) electrons. The maximum Gasteiger partial charge on any atom is 0.227 e. The van der Waals surface area contributed by atoms with Crippen molar-refractivity contribution in [2.75, 3.05) is 38.0 Å². The molecule has 1 N–H and O–H groups in total. The van der Waals surface area contributed by atoms with Crippen molar-refractivity contribution < 1.29 is 4.79 Å². The maximum absolute atomic E-state index is 11.8. The zero-order valence-electron chi connectivity index (χ0n) is 22.5. The van der Waals surface area contributed by atoms with Crippen LogP contribution in [0.4, 0.5) is 11.6 Å². The van der Waals surface area contributed by atoms with Crippen molar-refractivity contribution in [3.05, 3.63) is 83.5 Å². The van der Waals surface area contributed by atoms with E-state index >= 15 is 0 Å². The van der Waals surface area contributed by atoms with Crippen LogP contribution in [0.25, 0.3) is 11.3 Å². The van der Waals surface area contributed by atoms with E-state index in [1.165, 1.54) is 57.2 Å². The van der Waals surface area contributed by atoms with Crippen LogP contribution >= 0.6 is 11.6 Å². The molecule has 2 heterocycles. The third kappa shape index (κ3) is 7.97. The van der Waals surface area contributed by atoms with Gasteiger partial charge in [0.15, 0.2) is 5.78 Å². The van der Waals surface area contributed by atoms with Gasteiger partial charge in [-0.3, -0.25) is 9.69 Å². The Kier molecular flexibility index (Phi) is 10.0. The van der Waals surface area contributed by atoms with Gasteiger partial charge in [0.2, 0.25) is 5.95 Å². The molecule has 7 heteroatoms. The highest BCUT2D eigenvalue weighted by Gasteiger charge is 2.18. The number of hydrogen-bond acceptors (Lipinski definition) is 6. The SMILES string of the molecule is C=CC(=O)Cc1cccc(-c2nc(Nc3cccc(CCCCN4CCN(C(C)C)CC4)c3)ncc2Cl)c1. The maximum atomic E-state index is 11.8. The highest BCUT2D eigenvalue weighted by atomic mass is 35.5. The Labute approximate surface area is 231 Å². The van der Waals surface area contributed by atoms with Gasteiger partial charge in [0.05, 0.1) is 16.9 Å². The van der Waals surface area contributed by atoms with E-state index < -0.39 is 0 Å². The Morgan fingerprint density at radius 3 is 2.61 bits per heavy atom. The van der Waals surface area contributed by atoms with E-state index in [4.69, 9.17) is 11.6 Å². The summed E-state index contributed by atoms with van der Waals surface area (Å²) >= 11 is 6.45. The van der Waals surface area contributed by atoms with Crippen LogP contribution in [0, 0.1) is 0 Å². The summed E-state index contributed by atoms with van der Waals surface area (Å²) in [7, 11) is 0. The van der Waals surface area contributed by atoms with E-state index in [1.807, 2.05) is 30.3 Å². The molecule has 1 aromatic heterocycles. The third-order valence-electron chi connectivity index (χ3n) is 7.06. The molecule has 2 aromatic carbocycles. The Balaban J connectivity index is 1.33. The highest BCUT2D eigenvalue weighted by molar-refractivity contribution is 6.32. The zero-order valence-corrected chi connectivity index (χ0v) is 23.3. The van der Waals surface area contributed by atoms with Gasteiger partial charge < -0.3 is 10.2 Å². The van der Waals surface area contributed by atoms with Gasteiger partial charge in [0.1, 0.15) is 0 Å². The van der Waals surface area contributed by atoms with Crippen molar-refractivity contribution in [2.24, 2.45) is 0 Å². The molecule has 1 aliphatic heterocycles. The third-order valence-corrected chi connectivity index (χ3v) is 7.34. The summed E-state index contributed by atoms with van der Waals surface area (Å²) < 4.78 is 0. The summed E-state index contributed by atoms with van der Waals surface area (Å²) in [4.78, 5) is 26.0. The average molecular weight is 532 g/mol. The van der Waals surface area contributed by atoms with Gasteiger partial charge in [-0.15, -0.1) is 0 Å². The first-order valence-corrected chi connectivity index (χ1v) is 13.9. The van der Waals surface area contributed by atoms with Crippen LogP contribution in [0.3, 0.4) is 0 Å². The van der Waals surface area contributed by atoms with E-state index in [1.54, 1.807) is 6.20 Å². The number of halogens is 1. The lowest BCUT2D eigenvalue weighted by Crippen LogP contribution is -2.48. The summed E-state index contributed by atoms with van der Waals surface area (Å²) in [5.41, 5.74) is 4.61. The number of allylic oxidation sites excluding steroid dienone is 1. The van der Waals surface area contributed by atoms with Crippen LogP contribution in [-0.2, 0) is 17.6 Å². The van der Waals surface area contributed by atoms with Gasteiger partial charge in [-0.1, -0.05) is 48.5 Å². The summed E-state index contributed by atoms with van der Waals surface area (Å²) in [6.45, 7) is 14.0. The molecule has 3 aromatic rings. The van der Waals surface area contributed by atoms with Crippen LogP contribution in [0.2, 0.25) is 5.02 Å². The van der Waals surface area contributed by atoms with Crippen LogP contribution in [0.15, 0.2) is 67.4 Å². The number of aryl methyl sites for hydroxylation is 1. The average Bonchev–Trinajstić information content (AvgIpc) is 2.93. The number of carbonyl (C=O) groups is 1. The Bertz CT molecular complexity index is 1240. The molecule has 0 unspecified atom stereocenters. The summed E-state index contributed by atoms with van der Waals surface area (Å²) in [6, 6.07) is 16.8. The number of carbonyl (C=O) groups excluding carboxylic acids is 1. The molecular formula is C31H38ClN5O. The number of anilines is 2. The van der Waals surface area contributed by atoms with E-state index in [-0.39, 0.29) is 5.78 Å². The summed E-state index contributed by atoms with van der Waals surface area (Å²) in [5.74, 6) is 0.456. The Morgan fingerprint density at radius 2 is 1.84 bits per heavy atom. The van der Waals surface area contributed by atoms with Gasteiger partial charge in [0, 0.05) is 49.9 Å². The zero-order chi connectivity index (χ0) is 26.9. The number of nitrogens with one attached hydrogen (secondary N) is 1. The van der Waals surface area contributed by atoms with Gasteiger partial charge >= 0.3 is 0 Å². The molecule has 0 amide bonds. The van der Waals surface area contributed by atoms with E-state index in [0.29, 0.717) is 29.1 Å². The first kappa shape index (κ1) is 28.0. The first-order chi connectivity index (χ1) is 18.4. The molecule has 0 spiro atoms. The molecule has 1 fully saturated rings. The number of rotatable bonds is 12. The van der Waals surface area contributed by atoms with Gasteiger partial charge in [0.25, 0.3) is 0 Å². The lowest BCUT2D eigenvalue weighted by atomic mass is 10.0. The van der Waals surface area contributed by atoms with Crippen molar-refractivity contribution in [1.29, 1.82) is 0 Å². The normalized spacial score (nSPS) is 14.5. The number of hydrogen-bond donors (Lipinski definition) is 1. The molecule has 0 bridgehead atoms. The van der Waals surface area contributed by atoms with E-state index in [2.05, 4.69) is 63.7 Å². The highest BCUT2D eigenvalue weighted by Crippen LogP contribution is 2.28. The number of piperazine rings is 1. The van der Waals surface area contributed by atoms with Gasteiger partial charge in [-0.2, -0.15) is 0 Å². The van der Waals surface area contributed by atoms with Crippen LogP contribution < -0.4 is 5.32 Å². The van der Waals surface area contributed by atoms with Crippen LogP contribution in [-0.4, -0.2) is 64.3 Å². The Morgan fingerprint density at radius 1 is 1.08 bits per heavy atom. The minimum atomic E-state index is -0.0253. The van der Waals surface area contributed by atoms with Crippen molar-refractivity contribution in [3.8, 4) is 11.3 Å². The number of nitrogens with zero attached hydrogens (tertiary/aromatic N) is 4. The monoisotopic (exact) mass is 531 g/mol. The summed E-state index contributed by atoms with van der Waals surface area (Å²) in [6.07, 6.45) is 6.67. The number of aromatic nitrogens is 2. The molecule has 0 aliphatic carbocycles. The number of benzene rings is 2.